The van der Waals surface area contributed by atoms with Gasteiger partial charge >= 0.3 is 11.9 Å². The molecule has 18 heavy (non-hydrogen) atoms. The quantitative estimate of drug-likeness (QED) is 0.504. The Kier molecular flexibility index (Phi) is 4.28. The van der Waals surface area contributed by atoms with Gasteiger partial charge < -0.3 is 9.84 Å². The maximum absolute atomic E-state index is 11.3. The number of ether oxygens (including phenoxy) is 1. The SMILES string of the molecule is COC(=O)c1nc(C)cc(SC(C)(C)C(=O)O)n1. The molecule has 0 aliphatic heterocycles. The average molecular weight is 270 g/mol. The highest BCUT2D eigenvalue weighted by Crippen LogP contribution is 2.31. The summed E-state index contributed by atoms with van der Waals surface area (Å²) in [7, 11) is 1.24. The molecular weight excluding hydrogens is 256 g/mol. The van der Waals surface area contributed by atoms with Gasteiger partial charge in [0, 0.05) is 5.69 Å². The molecule has 1 aromatic heterocycles. The van der Waals surface area contributed by atoms with Gasteiger partial charge in [0.25, 0.3) is 0 Å². The Morgan fingerprint density at radius 1 is 1.39 bits per heavy atom. The van der Waals surface area contributed by atoms with Crippen molar-refractivity contribution in [2.45, 2.75) is 30.5 Å². The van der Waals surface area contributed by atoms with Crippen LogP contribution in [0.3, 0.4) is 0 Å². The van der Waals surface area contributed by atoms with Crippen molar-refractivity contribution in [2.24, 2.45) is 0 Å². The Balaban J connectivity index is 3.07. The summed E-state index contributed by atoms with van der Waals surface area (Å²) in [6, 6.07) is 1.63. The number of carbonyl (C=O) groups excluding carboxylic acids is 1. The zero-order valence-electron chi connectivity index (χ0n) is 10.6. The van der Waals surface area contributed by atoms with Gasteiger partial charge in [-0.1, -0.05) is 11.8 Å². The zero-order valence-corrected chi connectivity index (χ0v) is 11.4. The highest BCUT2D eigenvalue weighted by atomic mass is 32.2. The molecule has 0 atom stereocenters. The van der Waals surface area contributed by atoms with Crippen molar-refractivity contribution in [1.29, 1.82) is 0 Å². The van der Waals surface area contributed by atoms with Gasteiger partial charge in [0.15, 0.2) is 0 Å². The smallest absolute Gasteiger partial charge is 0.376 e. The van der Waals surface area contributed by atoms with Crippen molar-refractivity contribution in [3.63, 3.8) is 0 Å². The Morgan fingerprint density at radius 2 is 2.00 bits per heavy atom. The minimum absolute atomic E-state index is 0.0683. The molecule has 0 radical (unpaired) electrons. The van der Waals surface area contributed by atoms with E-state index in [1.807, 2.05) is 0 Å². The minimum Gasteiger partial charge on any atom is -0.480 e. The Bertz CT molecular complexity index is 488. The van der Waals surface area contributed by atoms with Gasteiger partial charge in [-0.3, -0.25) is 4.79 Å². The van der Waals surface area contributed by atoms with Crippen LogP contribution in [0.15, 0.2) is 11.1 Å². The molecule has 6 nitrogen and oxygen atoms in total. The van der Waals surface area contributed by atoms with Crippen molar-refractivity contribution in [1.82, 2.24) is 9.97 Å². The second-order valence-electron chi connectivity index (χ2n) is 4.08. The van der Waals surface area contributed by atoms with Crippen molar-refractivity contribution < 1.29 is 19.4 Å². The van der Waals surface area contributed by atoms with E-state index in [2.05, 4.69) is 14.7 Å². The summed E-state index contributed by atoms with van der Waals surface area (Å²) in [6.45, 7) is 4.83. The van der Waals surface area contributed by atoms with E-state index in [0.717, 1.165) is 11.8 Å². The number of nitrogens with zero attached hydrogens (tertiary/aromatic N) is 2. The first-order valence-corrected chi connectivity index (χ1v) is 5.94. The number of aliphatic carboxylic acids is 1. The molecule has 0 amide bonds. The first kappa shape index (κ1) is 14.4. The van der Waals surface area contributed by atoms with Crippen LogP contribution in [0.5, 0.6) is 0 Å². The molecule has 0 aromatic carbocycles. The number of thioether (sulfide) groups is 1. The predicted octanol–water partition coefficient (Wildman–Crippen LogP) is 1.53. The molecule has 0 saturated carbocycles. The standard InChI is InChI=1S/C11H14N2O4S/c1-6-5-7(18-11(2,3)10(15)16)13-8(12-6)9(14)17-4/h5H,1-4H3,(H,15,16). The summed E-state index contributed by atoms with van der Waals surface area (Å²) in [4.78, 5) is 30.3. The first-order valence-electron chi connectivity index (χ1n) is 5.12. The molecule has 98 valence electrons. The lowest BCUT2D eigenvalue weighted by Gasteiger charge is -2.17. The van der Waals surface area contributed by atoms with Crippen LogP contribution in [0.25, 0.3) is 0 Å². The normalized spacial score (nSPS) is 11.1. The number of carboxylic acid groups (broad SMARTS) is 1. The van der Waals surface area contributed by atoms with Gasteiger partial charge in [0.2, 0.25) is 5.82 Å². The summed E-state index contributed by atoms with van der Waals surface area (Å²) in [6.07, 6.45) is 0. The molecule has 0 aliphatic rings. The maximum Gasteiger partial charge on any atom is 0.376 e. The molecule has 1 heterocycles. The Labute approximate surface area is 109 Å². The third-order valence-corrected chi connectivity index (χ3v) is 3.18. The summed E-state index contributed by atoms with van der Waals surface area (Å²) in [5, 5.41) is 9.47. The van der Waals surface area contributed by atoms with E-state index in [1.165, 1.54) is 7.11 Å². The van der Waals surface area contributed by atoms with Gasteiger partial charge in [0.1, 0.15) is 9.77 Å². The largest absolute Gasteiger partial charge is 0.480 e. The fourth-order valence-electron chi connectivity index (χ4n) is 1.08. The second kappa shape index (κ2) is 5.34. The van der Waals surface area contributed by atoms with Crippen LogP contribution in [0, 0.1) is 6.92 Å². The Morgan fingerprint density at radius 3 is 2.50 bits per heavy atom. The predicted molar refractivity (Wildman–Crippen MR) is 65.7 cm³/mol. The number of esters is 1. The molecule has 0 saturated heterocycles. The van der Waals surface area contributed by atoms with E-state index in [1.54, 1.807) is 26.8 Å². The summed E-state index contributed by atoms with van der Waals surface area (Å²) in [5.74, 6) is -1.67. The number of hydrogen-bond donors (Lipinski definition) is 1. The molecule has 0 unspecified atom stereocenters. The van der Waals surface area contributed by atoms with Crippen molar-refractivity contribution in [3.05, 3.63) is 17.6 Å². The van der Waals surface area contributed by atoms with E-state index in [9.17, 15) is 9.59 Å². The van der Waals surface area contributed by atoms with Crippen LogP contribution in [0.1, 0.15) is 30.2 Å². The highest BCUT2D eigenvalue weighted by Gasteiger charge is 2.29. The first-order chi connectivity index (χ1) is 8.26. The molecule has 0 bridgehead atoms. The fraction of sp³-hybridized carbons (Fsp3) is 0.455. The van der Waals surface area contributed by atoms with Crippen LogP contribution in [0.2, 0.25) is 0 Å². The maximum atomic E-state index is 11.3. The lowest BCUT2D eigenvalue weighted by molar-refractivity contribution is -0.138. The van der Waals surface area contributed by atoms with Crippen molar-refractivity contribution >= 4 is 23.7 Å². The van der Waals surface area contributed by atoms with Gasteiger partial charge in [-0.2, -0.15) is 0 Å². The molecular formula is C11H14N2O4S. The lowest BCUT2D eigenvalue weighted by Crippen LogP contribution is -2.27. The number of rotatable bonds is 4. The number of aryl methyl sites for hydroxylation is 1. The number of methoxy groups -OCH3 is 1. The summed E-state index contributed by atoms with van der Waals surface area (Å²) < 4.78 is 3.50. The Hall–Kier alpha value is -1.63. The molecule has 1 rings (SSSR count). The molecule has 0 spiro atoms. The molecule has 1 N–H and O–H groups in total. The molecule has 0 fully saturated rings. The summed E-state index contributed by atoms with van der Waals surface area (Å²) in [5.41, 5.74) is 0.578. The van der Waals surface area contributed by atoms with E-state index < -0.39 is 16.7 Å². The van der Waals surface area contributed by atoms with E-state index in [4.69, 9.17) is 5.11 Å². The third-order valence-electron chi connectivity index (χ3n) is 2.07. The third kappa shape index (κ3) is 3.43. The highest BCUT2D eigenvalue weighted by molar-refractivity contribution is 8.01. The van der Waals surface area contributed by atoms with Crippen LogP contribution < -0.4 is 0 Å². The second-order valence-corrected chi connectivity index (χ2v) is 5.72. The molecule has 0 aliphatic carbocycles. The average Bonchev–Trinajstić information content (AvgIpc) is 2.26. The van der Waals surface area contributed by atoms with Gasteiger partial charge in [-0.15, -0.1) is 0 Å². The van der Waals surface area contributed by atoms with E-state index in [0.29, 0.717) is 10.7 Å². The minimum atomic E-state index is -1.03. The number of carbonyl (C=O) groups is 2. The number of hydrogen-bond acceptors (Lipinski definition) is 6. The monoisotopic (exact) mass is 270 g/mol. The van der Waals surface area contributed by atoms with Gasteiger partial charge in [0.05, 0.1) is 7.11 Å². The van der Waals surface area contributed by atoms with Crippen LogP contribution in [-0.4, -0.2) is 38.9 Å². The molecule has 7 heteroatoms. The number of carboxylic acids is 1. The number of aromatic nitrogens is 2. The van der Waals surface area contributed by atoms with Gasteiger partial charge in [-0.05, 0) is 26.8 Å². The van der Waals surface area contributed by atoms with Crippen LogP contribution >= 0.6 is 11.8 Å². The molecule has 1 aromatic rings. The fourth-order valence-corrected chi connectivity index (χ4v) is 2.05. The van der Waals surface area contributed by atoms with E-state index >= 15 is 0 Å². The van der Waals surface area contributed by atoms with Gasteiger partial charge in [-0.25, -0.2) is 14.8 Å². The summed E-state index contributed by atoms with van der Waals surface area (Å²) >= 11 is 1.05. The topological polar surface area (TPSA) is 89.4 Å². The van der Waals surface area contributed by atoms with Crippen LogP contribution in [0.4, 0.5) is 0 Å². The van der Waals surface area contributed by atoms with Crippen LogP contribution in [-0.2, 0) is 9.53 Å². The van der Waals surface area contributed by atoms with Crippen molar-refractivity contribution in [3.8, 4) is 0 Å². The van der Waals surface area contributed by atoms with Crippen molar-refractivity contribution in [2.75, 3.05) is 7.11 Å². The van der Waals surface area contributed by atoms with E-state index in [-0.39, 0.29) is 5.82 Å². The lowest BCUT2D eigenvalue weighted by atomic mass is 10.2. The zero-order chi connectivity index (χ0) is 13.9.